The van der Waals surface area contributed by atoms with Gasteiger partial charge in [0.25, 0.3) is 0 Å². The molecule has 0 aliphatic carbocycles. The van der Waals surface area contributed by atoms with E-state index in [-0.39, 0.29) is 0 Å². The van der Waals surface area contributed by atoms with Gasteiger partial charge in [-0.05, 0) is 26.7 Å². The van der Waals surface area contributed by atoms with Crippen LogP contribution in [0.15, 0.2) is 0 Å². The van der Waals surface area contributed by atoms with Gasteiger partial charge in [-0.1, -0.05) is 6.92 Å². The smallest absolute Gasteiger partial charge is 0.210 e. The highest BCUT2D eigenvalue weighted by atomic mass is 19.3. The average Bonchev–Trinajstić information content (AvgIpc) is 2.00. The van der Waals surface area contributed by atoms with Gasteiger partial charge in [-0.25, -0.2) is 8.78 Å². The third-order valence-corrected chi connectivity index (χ3v) is 1.96. The summed E-state index contributed by atoms with van der Waals surface area (Å²) in [6.07, 6.45) is -1.31. The Bertz CT molecular complexity index is 170. The van der Waals surface area contributed by atoms with Crippen molar-refractivity contribution in [2.45, 2.75) is 40.0 Å². The predicted octanol–water partition coefficient (Wildman–Crippen LogP) is 3.22. The van der Waals surface area contributed by atoms with Gasteiger partial charge >= 0.3 is 0 Å². The first kappa shape index (κ1) is 11.4. The van der Waals surface area contributed by atoms with Crippen LogP contribution in [-0.4, -0.2) is 6.43 Å². The summed E-state index contributed by atoms with van der Waals surface area (Å²) in [6, 6.07) is 2.09. The monoisotopic (exact) mass is 175 g/mol. The minimum atomic E-state index is -2.26. The fourth-order valence-electron chi connectivity index (χ4n) is 0.770. The minimum Gasteiger partial charge on any atom is -0.210 e. The van der Waals surface area contributed by atoms with E-state index >= 15 is 0 Å². The van der Waals surface area contributed by atoms with Crippen LogP contribution in [0, 0.1) is 22.7 Å². The van der Waals surface area contributed by atoms with Crippen molar-refractivity contribution in [1.82, 2.24) is 0 Å². The van der Waals surface area contributed by atoms with Crippen LogP contribution >= 0.6 is 0 Å². The summed E-state index contributed by atoms with van der Waals surface area (Å²) in [4.78, 5) is 0. The lowest BCUT2D eigenvalue weighted by Gasteiger charge is -2.17. The van der Waals surface area contributed by atoms with Crippen molar-refractivity contribution < 1.29 is 8.78 Å². The van der Waals surface area contributed by atoms with Crippen molar-refractivity contribution in [3.63, 3.8) is 0 Å². The van der Waals surface area contributed by atoms with Crippen molar-refractivity contribution >= 4 is 0 Å². The number of halogens is 2. The highest BCUT2D eigenvalue weighted by Crippen LogP contribution is 2.25. The number of nitriles is 1. The first-order chi connectivity index (χ1) is 5.39. The fraction of sp³-hybridized carbons (Fsp3) is 0.889. The third-order valence-electron chi connectivity index (χ3n) is 1.96. The largest absolute Gasteiger partial charge is 0.241 e. The lowest BCUT2D eigenvalue weighted by Crippen LogP contribution is -2.13. The zero-order valence-electron chi connectivity index (χ0n) is 7.77. The second-order valence-corrected chi connectivity index (χ2v) is 3.85. The summed E-state index contributed by atoms with van der Waals surface area (Å²) < 4.78 is 24.0. The zero-order chi connectivity index (χ0) is 9.78. The normalized spacial score (nSPS) is 14.4. The molecule has 12 heavy (non-hydrogen) atoms. The van der Waals surface area contributed by atoms with Gasteiger partial charge in [0.2, 0.25) is 6.43 Å². The Hall–Kier alpha value is -0.650. The lowest BCUT2D eigenvalue weighted by molar-refractivity contribution is 0.0770. The van der Waals surface area contributed by atoms with Gasteiger partial charge in [0, 0.05) is 5.92 Å². The molecular weight excluding hydrogens is 160 g/mol. The molecule has 0 amide bonds. The van der Waals surface area contributed by atoms with E-state index in [0.717, 1.165) is 0 Å². The number of alkyl halides is 2. The molecule has 0 aromatic heterocycles. The van der Waals surface area contributed by atoms with Gasteiger partial charge < -0.3 is 0 Å². The summed E-state index contributed by atoms with van der Waals surface area (Å²) in [7, 11) is 0. The maximum Gasteiger partial charge on any atom is 0.241 e. The zero-order valence-corrected chi connectivity index (χ0v) is 7.77. The second kappa shape index (κ2) is 4.39. The highest BCUT2D eigenvalue weighted by Gasteiger charge is 2.21. The molecule has 70 valence electrons. The van der Waals surface area contributed by atoms with Gasteiger partial charge in [-0.3, -0.25) is 0 Å². The van der Waals surface area contributed by atoms with E-state index in [1.54, 1.807) is 13.8 Å². The Morgan fingerprint density at radius 1 is 1.42 bits per heavy atom. The molecule has 0 saturated carbocycles. The summed E-state index contributed by atoms with van der Waals surface area (Å²) in [5.41, 5.74) is -0.469. The number of hydrogen-bond donors (Lipinski definition) is 0. The molecular formula is C9H15F2N. The standard InChI is InChI=1S/C9H15F2N/c1-7(8(10)11)4-5-9(2,3)6-12/h7-8H,4-5H2,1-3H3. The maximum absolute atomic E-state index is 12.0. The van der Waals surface area contributed by atoms with Gasteiger partial charge in [0.15, 0.2) is 0 Å². The minimum absolute atomic E-state index is 0.415. The summed E-state index contributed by atoms with van der Waals surface area (Å²) in [5, 5.41) is 8.61. The molecule has 0 spiro atoms. The molecule has 0 aliphatic rings. The highest BCUT2D eigenvalue weighted by molar-refractivity contribution is 4.91. The summed E-state index contributed by atoms with van der Waals surface area (Å²) in [5.74, 6) is -0.599. The van der Waals surface area contributed by atoms with Crippen LogP contribution < -0.4 is 0 Å². The van der Waals surface area contributed by atoms with Crippen molar-refractivity contribution in [1.29, 1.82) is 5.26 Å². The Balaban J connectivity index is 3.77. The van der Waals surface area contributed by atoms with E-state index < -0.39 is 17.8 Å². The van der Waals surface area contributed by atoms with Gasteiger partial charge in [-0.2, -0.15) is 5.26 Å². The van der Waals surface area contributed by atoms with E-state index in [2.05, 4.69) is 6.07 Å². The van der Waals surface area contributed by atoms with Crippen LogP contribution in [0.4, 0.5) is 8.78 Å². The fourth-order valence-corrected chi connectivity index (χ4v) is 0.770. The molecule has 0 fully saturated rings. The Morgan fingerprint density at radius 3 is 2.25 bits per heavy atom. The summed E-state index contributed by atoms with van der Waals surface area (Å²) >= 11 is 0. The molecule has 0 rings (SSSR count). The van der Waals surface area contributed by atoms with Crippen molar-refractivity contribution in [3.8, 4) is 6.07 Å². The van der Waals surface area contributed by atoms with Crippen LogP contribution in [-0.2, 0) is 0 Å². The Morgan fingerprint density at radius 2 is 1.92 bits per heavy atom. The molecule has 0 aromatic carbocycles. The average molecular weight is 175 g/mol. The molecule has 0 aromatic rings. The van der Waals surface area contributed by atoms with Crippen LogP contribution in [0.1, 0.15) is 33.6 Å². The van der Waals surface area contributed by atoms with Gasteiger partial charge in [0.1, 0.15) is 0 Å². The van der Waals surface area contributed by atoms with E-state index in [0.29, 0.717) is 12.8 Å². The lowest BCUT2D eigenvalue weighted by atomic mass is 9.87. The first-order valence-electron chi connectivity index (χ1n) is 4.08. The quantitative estimate of drug-likeness (QED) is 0.643. The molecule has 0 radical (unpaired) electrons. The van der Waals surface area contributed by atoms with Crippen molar-refractivity contribution in [2.24, 2.45) is 11.3 Å². The Labute approximate surface area is 72.4 Å². The molecule has 0 bridgehead atoms. The topological polar surface area (TPSA) is 23.8 Å². The molecule has 0 saturated heterocycles. The molecule has 0 N–H and O–H groups in total. The number of nitrogens with zero attached hydrogens (tertiary/aromatic N) is 1. The predicted molar refractivity (Wildman–Crippen MR) is 43.8 cm³/mol. The van der Waals surface area contributed by atoms with Gasteiger partial charge in [-0.15, -0.1) is 0 Å². The third kappa shape index (κ3) is 4.27. The maximum atomic E-state index is 12.0. The van der Waals surface area contributed by atoms with Crippen molar-refractivity contribution in [2.75, 3.05) is 0 Å². The number of rotatable bonds is 4. The molecule has 1 unspecified atom stereocenters. The SMILES string of the molecule is CC(CCC(C)(C)C#N)C(F)F. The molecule has 1 atom stereocenters. The van der Waals surface area contributed by atoms with Crippen molar-refractivity contribution in [3.05, 3.63) is 0 Å². The summed E-state index contributed by atoms with van der Waals surface area (Å²) in [6.45, 7) is 5.05. The number of hydrogen-bond acceptors (Lipinski definition) is 1. The van der Waals surface area contributed by atoms with E-state index in [4.69, 9.17) is 5.26 Å². The van der Waals surface area contributed by atoms with Crippen LogP contribution in [0.5, 0.6) is 0 Å². The van der Waals surface area contributed by atoms with Gasteiger partial charge in [0.05, 0.1) is 11.5 Å². The van der Waals surface area contributed by atoms with E-state index in [1.807, 2.05) is 0 Å². The van der Waals surface area contributed by atoms with Crippen LogP contribution in [0.3, 0.4) is 0 Å². The van der Waals surface area contributed by atoms with Crippen LogP contribution in [0.2, 0.25) is 0 Å². The second-order valence-electron chi connectivity index (χ2n) is 3.85. The molecule has 1 nitrogen and oxygen atoms in total. The Kier molecular flexibility index (Phi) is 4.16. The first-order valence-corrected chi connectivity index (χ1v) is 4.08. The molecule has 3 heteroatoms. The van der Waals surface area contributed by atoms with Crippen LogP contribution in [0.25, 0.3) is 0 Å². The van der Waals surface area contributed by atoms with E-state index in [1.165, 1.54) is 6.92 Å². The van der Waals surface area contributed by atoms with E-state index in [9.17, 15) is 8.78 Å². The molecule has 0 heterocycles. The molecule has 0 aliphatic heterocycles.